The number of anilines is 1. The molecule has 1 aromatic rings. The number of hydrogen-bond donors (Lipinski definition) is 1. The van der Waals surface area contributed by atoms with Crippen LogP contribution in [0.3, 0.4) is 0 Å². The third-order valence-corrected chi connectivity index (χ3v) is 4.15. The fourth-order valence-electron chi connectivity index (χ4n) is 2.43. The van der Waals surface area contributed by atoms with Gasteiger partial charge in [-0.2, -0.15) is 0 Å². The molecule has 104 valence electrons. The molecule has 1 aromatic carbocycles. The highest BCUT2D eigenvalue weighted by atomic mass is 35.5. The first-order valence-corrected chi connectivity index (χ1v) is 7.24. The van der Waals surface area contributed by atoms with Crippen molar-refractivity contribution < 1.29 is 4.79 Å². The number of alkyl halides is 1. The van der Waals surface area contributed by atoms with Crippen molar-refractivity contribution >= 4 is 23.2 Å². The van der Waals surface area contributed by atoms with Gasteiger partial charge in [-0.25, -0.2) is 0 Å². The molecule has 0 heterocycles. The molecule has 2 unspecified atom stereocenters. The predicted octanol–water partition coefficient (Wildman–Crippen LogP) is 3.03. The molecule has 1 fully saturated rings. The number of amides is 1. The Hall–Kier alpha value is -1.22. The van der Waals surface area contributed by atoms with Crippen molar-refractivity contribution in [2.75, 3.05) is 19.0 Å². The molecular weight excluding hydrogens is 260 g/mol. The number of nitrogens with zero attached hydrogens (tertiary/aromatic N) is 1. The zero-order valence-electron chi connectivity index (χ0n) is 11.5. The summed E-state index contributed by atoms with van der Waals surface area (Å²) in [6.45, 7) is 0. The summed E-state index contributed by atoms with van der Waals surface area (Å²) in [5.74, 6) is -0.0266. The highest BCUT2D eigenvalue weighted by Crippen LogP contribution is 2.23. The Balaban J connectivity index is 2.05. The molecule has 1 saturated carbocycles. The van der Waals surface area contributed by atoms with Crippen molar-refractivity contribution in [2.24, 2.45) is 0 Å². The molecular formula is C15H21ClN2O. The molecule has 4 heteroatoms. The first-order valence-electron chi connectivity index (χ1n) is 6.80. The van der Waals surface area contributed by atoms with Crippen LogP contribution in [0.25, 0.3) is 0 Å². The van der Waals surface area contributed by atoms with Crippen molar-refractivity contribution in [3.05, 3.63) is 29.8 Å². The minimum absolute atomic E-state index is 0.0266. The lowest BCUT2D eigenvalue weighted by Gasteiger charge is -2.28. The van der Waals surface area contributed by atoms with Gasteiger partial charge in [0.2, 0.25) is 0 Å². The van der Waals surface area contributed by atoms with Crippen LogP contribution in [-0.2, 0) is 0 Å². The molecule has 3 nitrogen and oxygen atoms in total. The maximum atomic E-state index is 12.2. The number of nitrogens with one attached hydrogen (secondary N) is 1. The average Bonchev–Trinajstić information content (AvgIpc) is 2.41. The molecule has 0 aliphatic heterocycles. The molecule has 0 radical (unpaired) electrons. The Morgan fingerprint density at radius 2 is 2.05 bits per heavy atom. The number of carbonyl (C=O) groups is 1. The van der Waals surface area contributed by atoms with E-state index in [9.17, 15) is 4.79 Å². The van der Waals surface area contributed by atoms with E-state index in [0.29, 0.717) is 5.56 Å². The van der Waals surface area contributed by atoms with Gasteiger partial charge in [0.15, 0.2) is 0 Å². The van der Waals surface area contributed by atoms with E-state index >= 15 is 0 Å². The third-order valence-electron chi connectivity index (χ3n) is 3.62. The molecule has 2 atom stereocenters. The fourth-order valence-corrected chi connectivity index (χ4v) is 2.77. The summed E-state index contributed by atoms with van der Waals surface area (Å²) in [6.07, 6.45) is 4.28. The quantitative estimate of drug-likeness (QED) is 0.863. The first-order chi connectivity index (χ1) is 9.08. The van der Waals surface area contributed by atoms with Gasteiger partial charge in [0.05, 0.1) is 5.38 Å². The summed E-state index contributed by atoms with van der Waals surface area (Å²) in [4.78, 5) is 14.2. The van der Waals surface area contributed by atoms with Gasteiger partial charge in [-0.3, -0.25) is 4.79 Å². The highest BCUT2D eigenvalue weighted by molar-refractivity contribution is 6.21. The second-order valence-corrected chi connectivity index (χ2v) is 5.89. The number of rotatable bonds is 3. The topological polar surface area (TPSA) is 32.3 Å². The monoisotopic (exact) mass is 280 g/mol. The Kier molecular flexibility index (Phi) is 4.70. The lowest BCUT2D eigenvalue weighted by molar-refractivity contribution is 0.0928. The maximum Gasteiger partial charge on any atom is 0.251 e. The van der Waals surface area contributed by atoms with E-state index in [4.69, 9.17) is 11.6 Å². The Labute approximate surface area is 119 Å². The van der Waals surface area contributed by atoms with E-state index < -0.39 is 0 Å². The average molecular weight is 281 g/mol. The second-order valence-electron chi connectivity index (χ2n) is 5.33. The van der Waals surface area contributed by atoms with E-state index in [2.05, 4.69) is 5.32 Å². The van der Waals surface area contributed by atoms with Crippen LogP contribution in [0.4, 0.5) is 5.69 Å². The highest BCUT2D eigenvalue weighted by Gasteiger charge is 2.24. The SMILES string of the molecule is CN(C)c1cccc(C(=O)NC2CCCCC2Cl)c1. The van der Waals surface area contributed by atoms with E-state index in [-0.39, 0.29) is 17.3 Å². The minimum atomic E-state index is -0.0266. The van der Waals surface area contributed by atoms with Gasteiger partial charge >= 0.3 is 0 Å². The first kappa shape index (κ1) is 14.2. The lowest BCUT2D eigenvalue weighted by atomic mass is 9.94. The Bertz CT molecular complexity index is 448. The van der Waals surface area contributed by atoms with E-state index in [0.717, 1.165) is 31.4 Å². The van der Waals surface area contributed by atoms with E-state index in [1.165, 1.54) is 0 Å². The number of hydrogen-bond acceptors (Lipinski definition) is 2. The van der Waals surface area contributed by atoms with Gasteiger partial charge < -0.3 is 10.2 Å². The van der Waals surface area contributed by atoms with Crippen LogP contribution in [0.2, 0.25) is 0 Å². The fraction of sp³-hybridized carbons (Fsp3) is 0.533. The normalized spacial score (nSPS) is 22.9. The number of halogens is 1. The number of benzene rings is 1. The summed E-state index contributed by atoms with van der Waals surface area (Å²) in [5.41, 5.74) is 1.72. The van der Waals surface area contributed by atoms with Crippen LogP contribution in [0.1, 0.15) is 36.0 Å². The molecule has 1 amide bonds. The van der Waals surface area contributed by atoms with Crippen LogP contribution in [0.15, 0.2) is 24.3 Å². The molecule has 0 spiro atoms. The van der Waals surface area contributed by atoms with Gasteiger partial charge in [0.25, 0.3) is 5.91 Å². The molecule has 1 N–H and O–H groups in total. The van der Waals surface area contributed by atoms with Gasteiger partial charge in [-0.15, -0.1) is 11.6 Å². The van der Waals surface area contributed by atoms with Crippen molar-refractivity contribution in [1.29, 1.82) is 0 Å². The molecule has 0 bridgehead atoms. The van der Waals surface area contributed by atoms with Crippen molar-refractivity contribution in [2.45, 2.75) is 37.1 Å². The molecule has 1 aliphatic rings. The van der Waals surface area contributed by atoms with Crippen molar-refractivity contribution in [1.82, 2.24) is 5.32 Å². The lowest BCUT2D eigenvalue weighted by Crippen LogP contribution is -2.42. The number of carbonyl (C=O) groups excluding carboxylic acids is 1. The third kappa shape index (κ3) is 3.63. The minimum Gasteiger partial charge on any atom is -0.378 e. The second kappa shape index (κ2) is 6.29. The van der Waals surface area contributed by atoms with Crippen LogP contribution in [0, 0.1) is 0 Å². The van der Waals surface area contributed by atoms with Gasteiger partial charge in [-0.1, -0.05) is 18.9 Å². The molecule has 0 saturated heterocycles. The zero-order chi connectivity index (χ0) is 13.8. The van der Waals surface area contributed by atoms with Gasteiger partial charge in [-0.05, 0) is 31.0 Å². The summed E-state index contributed by atoms with van der Waals surface area (Å²) in [6, 6.07) is 7.74. The molecule has 19 heavy (non-hydrogen) atoms. The van der Waals surface area contributed by atoms with E-state index in [1.54, 1.807) is 0 Å². The Morgan fingerprint density at radius 3 is 2.74 bits per heavy atom. The van der Waals surface area contributed by atoms with E-state index in [1.807, 2.05) is 43.3 Å². The van der Waals surface area contributed by atoms with Crippen LogP contribution in [-0.4, -0.2) is 31.4 Å². The molecule has 2 rings (SSSR count). The van der Waals surface area contributed by atoms with Crippen molar-refractivity contribution in [3.63, 3.8) is 0 Å². The summed E-state index contributed by atoms with van der Waals surface area (Å²) >= 11 is 6.27. The maximum absolute atomic E-state index is 12.2. The smallest absolute Gasteiger partial charge is 0.251 e. The van der Waals surface area contributed by atoms with Crippen molar-refractivity contribution in [3.8, 4) is 0 Å². The molecule has 1 aliphatic carbocycles. The summed E-state index contributed by atoms with van der Waals surface area (Å²) < 4.78 is 0. The van der Waals surface area contributed by atoms with Crippen LogP contribution >= 0.6 is 11.6 Å². The zero-order valence-corrected chi connectivity index (χ0v) is 12.3. The van der Waals surface area contributed by atoms with Crippen LogP contribution < -0.4 is 10.2 Å². The van der Waals surface area contributed by atoms with Crippen LogP contribution in [0.5, 0.6) is 0 Å². The predicted molar refractivity (Wildman–Crippen MR) is 80.1 cm³/mol. The van der Waals surface area contributed by atoms with Gasteiger partial charge in [0.1, 0.15) is 0 Å². The Morgan fingerprint density at radius 1 is 1.32 bits per heavy atom. The van der Waals surface area contributed by atoms with Gasteiger partial charge in [0, 0.05) is 31.4 Å². The summed E-state index contributed by atoms with van der Waals surface area (Å²) in [7, 11) is 3.93. The largest absolute Gasteiger partial charge is 0.378 e. The standard InChI is InChI=1S/C15H21ClN2O/c1-18(2)12-7-5-6-11(10-12)15(19)17-14-9-4-3-8-13(14)16/h5-7,10,13-14H,3-4,8-9H2,1-2H3,(H,17,19). The molecule has 0 aromatic heterocycles. The summed E-state index contributed by atoms with van der Waals surface area (Å²) in [5, 5.41) is 3.13.